The van der Waals surface area contributed by atoms with Crippen molar-refractivity contribution in [3.05, 3.63) is 12.2 Å². The van der Waals surface area contributed by atoms with Gasteiger partial charge in [0.15, 0.2) is 5.96 Å². The third-order valence-corrected chi connectivity index (χ3v) is 4.30. The van der Waals surface area contributed by atoms with Crippen molar-refractivity contribution < 1.29 is 4.79 Å². The molecule has 0 radical (unpaired) electrons. The van der Waals surface area contributed by atoms with Crippen LogP contribution < -0.4 is 10.6 Å². The molecule has 0 aromatic heterocycles. The van der Waals surface area contributed by atoms with E-state index in [0.717, 1.165) is 44.9 Å². The van der Waals surface area contributed by atoms with Crippen molar-refractivity contribution in [3.8, 4) is 0 Å². The second-order valence-electron chi connectivity index (χ2n) is 6.38. The fraction of sp³-hybridized carbons (Fsp3) is 0.765. The summed E-state index contributed by atoms with van der Waals surface area (Å²) in [5.41, 5.74) is 0. The van der Waals surface area contributed by atoms with Crippen molar-refractivity contribution in [1.29, 1.82) is 0 Å². The zero-order valence-electron chi connectivity index (χ0n) is 14.0. The largest absolute Gasteiger partial charge is 0.357 e. The van der Waals surface area contributed by atoms with Gasteiger partial charge in [-0.1, -0.05) is 19.1 Å². The first-order valence-electron chi connectivity index (χ1n) is 8.66. The summed E-state index contributed by atoms with van der Waals surface area (Å²) in [4.78, 5) is 18.8. The Kier molecular flexibility index (Phi) is 6.74. The minimum Gasteiger partial charge on any atom is -0.357 e. The molecule has 1 atom stereocenters. The van der Waals surface area contributed by atoms with Crippen LogP contribution >= 0.6 is 0 Å². The van der Waals surface area contributed by atoms with Gasteiger partial charge < -0.3 is 15.5 Å². The number of guanidine groups is 1. The van der Waals surface area contributed by atoms with Crippen LogP contribution in [0.25, 0.3) is 0 Å². The topological polar surface area (TPSA) is 56.7 Å². The molecule has 0 aromatic rings. The summed E-state index contributed by atoms with van der Waals surface area (Å²) in [6.07, 6.45) is 9.38. The Morgan fingerprint density at radius 3 is 2.82 bits per heavy atom. The maximum atomic E-state index is 12.2. The minimum absolute atomic E-state index is 0.244. The molecule has 1 saturated heterocycles. The Bertz CT molecular complexity index is 411. The molecular formula is C17H30N4O. The zero-order chi connectivity index (χ0) is 15.8. The smallest absolute Gasteiger partial charge is 0.224 e. The molecule has 1 unspecified atom stereocenters. The maximum Gasteiger partial charge on any atom is 0.224 e. The van der Waals surface area contributed by atoms with E-state index in [-0.39, 0.29) is 5.91 Å². The van der Waals surface area contributed by atoms with Gasteiger partial charge in [0.05, 0.1) is 6.54 Å². The average molecular weight is 306 g/mol. The lowest BCUT2D eigenvalue weighted by Crippen LogP contribution is -2.43. The molecule has 2 aliphatic rings. The van der Waals surface area contributed by atoms with Gasteiger partial charge in [0, 0.05) is 32.1 Å². The number of piperidine rings is 1. The highest BCUT2D eigenvalue weighted by Crippen LogP contribution is 2.16. The van der Waals surface area contributed by atoms with Crippen molar-refractivity contribution in [2.24, 2.45) is 10.9 Å². The van der Waals surface area contributed by atoms with Gasteiger partial charge in [0.25, 0.3) is 0 Å². The highest BCUT2D eigenvalue weighted by Gasteiger charge is 2.20. The Morgan fingerprint density at radius 1 is 1.36 bits per heavy atom. The molecule has 5 nitrogen and oxygen atoms in total. The highest BCUT2D eigenvalue weighted by molar-refractivity contribution is 5.81. The van der Waals surface area contributed by atoms with Gasteiger partial charge in [0.2, 0.25) is 5.91 Å². The first kappa shape index (κ1) is 16.8. The molecule has 1 aliphatic carbocycles. The molecule has 1 aliphatic heterocycles. The third kappa shape index (κ3) is 5.35. The van der Waals surface area contributed by atoms with Crippen LogP contribution in [0.4, 0.5) is 0 Å². The number of carbonyl (C=O) groups excluding carboxylic acids is 1. The molecule has 1 fully saturated rings. The van der Waals surface area contributed by atoms with E-state index in [4.69, 9.17) is 0 Å². The van der Waals surface area contributed by atoms with E-state index in [9.17, 15) is 4.79 Å². The number of carbonyl (C=O) groups is 1. The summed E-state index contributed by atoms with van der Waals surface area (Å²) >= 11 is 0. The number of rotatable bonds is 5. The fourth-order valence-corrected chi connectivity index (χ4v) is 3.09. The van der Waals surface area contributed by atoms with E-state index in [1.165, 1.54) is 6.42 Å². The summed E-state index contributed by atoms with van der Waals surface area (Å²) in [7, 11) is 0. The molecule has 0 saturated carbocycles. The van der Waals surface area contributed by atoms with Crippen LogP contribution in [0.1, 0.15) is 46.0 Å². The van der Waals surface area contributed by atoms with Crippen molar-refractivity contribution in [2.45, 2.75) is 52.0 Å². The molecule has 5 heteroatoms. The van der Waals surface area contributed by atoms with Crippen LogP contribution in [0.2, 0.25) is 0 Å². The minimum atomic E-state index is 0.244. The van der Waals surface area contributed by atoms with Crippen molar-refractivity contribution in [1.82, 2.24) is 15.5 Å². The Morgan fingerprint density at radius 2 is 2.14 bits per heavy atom. The van der Waals surface area contributed by atoms with E-state index in [1.807, 2.05) is 4.90 Å². The number of hydrogen-bond donors (Lipinski definition) is 2. The van der Waals surface area contributed by atoms with Crippen LogP contribution in [0.15, 0.2) is 17.1 Å². The molecule has 2 rings (SSSR count). The quantitative estimate of drug-likeness (QED) is 0.463. The molecule has 1 amide bonds. The number of likely N-dealkylation sites (tertiary alicyclic amines) is 1. The van der Waals surface area contributed by atoms with Gasteiger partial charge in [0.1, 0.15) is 0 Å². The van der Waals surface area contributed by atoms with E-state index < -0.39 is 0 Å². The molecule has 1 heterocycles. The summed E-state index contributed by atoms with van der Waals surface area (Å²) in [5, 5.41) is 6.68. The van der Waals surface area contributed by atoms with Gasteiger partial charge in [-0.3, -0.25) is 9.79 Å². The fourth-order valence-electron chi connectivity index (χ4n) is 3.09. The normalized spacial score (nSPS) is 22.9. The Hall–Kier alpha value is -1.52. The van der Waals surface area contributed by atoms with Crippen molar-refractivity contribution in [2.75, 3.05) is 26.2 Å². The van der Waals surface area contributed by atoms with Crippen LogP contribution in [0.3, 0.4) is 0 Å². The average Bonchev–Trinajstić information content (AvgIpc) is 3.00. The molecule has 0 spiro atoms. The summed E-state index contributed by atoms with van der Waals surface area (Å²) in [5.74, 6) is 1.71. The first-order valence-corrected chi connectivity index (χ1v) is 8.66. The molecule has 124 valence electrons. The van der Waals surface area contributed by atoms with Crippen molar-refractivity contribution in [3.63, 3.8) is 0 Å². The van der Waals surface area contributed by atoms with Gasteiger partial charge in [-0.05, 0) is 38.5 Å². The van der Waals surface area contributed by atoms with E-state index in [1.54, 1.807) is 0 Å². The van der Waals surface area contributed by atoms with E-state index >= 15 is 0 Å². The zero-order valence-corrected chi connectivity index (χ0v) is 14.0. The number of amides is 1. The first-order chi connectivity index (χ1) is 10.7. The molecule has 0 aromatic carbocycles. The highest BCUT2D eigenvalue weighted by atomic mass is 16.2. The number of nitrogens with one attached hydrogen (secondary N) is 2. The monoisotopic (exact) mass is 306 g/mol. The van der Waals surface area contributed by atoms with Crippen molar-refractivity contribution >= 4 is 11.9 Å². The van der Waals surface area contributed by atoms with Gasteiger partial charge in [-0.25, -0.2) is 0 Å². The lowest BCUT2D eigenvalue weighted by atomic mass is 10.00. The van der Waals surface area contributed by atoms with E-state index in [0.29, 0.717) is 24.9 Å². The predicted molar refractivity (Wildman–Crippen MR) is 90.9 cm³/mol. The van der Waals surface area contributed by atoms with Crippen LogP contribution in [-0.2, 0) is 4.79 Å². The van der Waals surface area contributed by atoms with Gasteiger partial charge >= 0.3 is 0 Å². The lowest BCUT2D eigenvalue weighted by Gasteiger charge is -2.30. The Balaban J connectivity index is 1.75. The van der Waals surface area contributed by atoms with Crippen LogP contribution in [-0.4, -0.2) is 49.0 Å². The van der Waals surface area contributed by atoms with Crippen LogP contribution in [0, 0.1) is 5.92 Å². The van der Waals surface area contributed by atoms with Gasteiger partial charge in [-0.15, -0.1) is 0 Å². The molecule has 0 bridgehead atoms. The lowest BCUT2D eigenvalue weighted by molar-refractivity contribution is -0.132. The summed E-state index contributed by atoms with van der Waals surface area (Å²) in [6, 6.07) is 0.441. The second kappa shape index (κ2) is 8.81. The number of nitrogens with zero attached hydrogens (tertiary/aromatic N) is 2. The predicted octanol–water partition coefficient (Wildman–Crippen LogP) is 1.91. The van der Waals surface area contributed by atoms with Gasteiger partial charge in [-0.2, -0.15) is 0 Å². The summed E-state index contributed by atoms with van der Waals surface area (Å²) < 4.78 is 0. The van der Waals surface area contributed by atoms with E-state index in [2.05, 4.69) is 41.6 Å². The maximum absolute atomic E-state index is 12.2. The molecule has 2 N–H and O–H groups in total. The standard InChI is InChI=1S/C17H30N4O/c1-3-18-17(20-15-8-4-5-9-15)19-11-10-16(22)21-12-6-7-14(2)13-21/h4-5,14-15H,3,6-13H2,1-2H3,(H2,18,19,20). The Labute approximate surface area is 134 Å². The summed E-state index contributed by atoms with van der Waals surface area (Å²) in [6.45, 7) is 7.50. The third-order valence-electron chi connectivity index (χ3n) is 4.30. The second-order valence-corrected chi connectivity index (χ2v) is 6.38. The molecular weight excluding hydrogens is 276 g/mol. The number of hydrogen-bond acceptors (Lipinski definition) is 2. The van der Waals surface area contributed by atoms with Crippen LogP contribution in [0.5, 0.6) is 0 Å². The SMILES string of the molecule is CCNC(=NCCC(=O)N1CCCC(C)C1)NC1CC=CC1. The molecule has 22 heavy (non-hydrogen) atoms. The number of aliphatic imine (C=N–C) groups is 1.